The Morgan fingerprint density at radius 2 is 1.75 bits per heavy atom. The normalized spacial score (nSPS) is 19.0. The van der Waals surface area contributed by atoms with Crippen LogP contribution in [-0.2, 0) is 19.6 Å². The van der Waals surface area contributed by atoms with Gasteiger partial charge in [0.15, 0.2) is 0 Å². The number of para-hydroxylation sites is 1. The van der Waals surface area contributed by atoms with E-state index < -0.39 is 21.8 Å². The molecule has 7 nitrogen and oxygen atoms in total. The Bertz CT molecular complexity index is 1170. The molecule has 1 fully saturated rings. The molecule has 0 radical (unpaired) electrons. The van der Waals surface area contributed by atoms with Crippen molar-refractivity contribution in [3.8, 4) is 5.75 Å². The molecule has 142 valence electrons. The summed E-state index contributed by atoms with van der Waals surface area (Å²) in [4.78, 5) is 25.4. The van der Waals surface area contributed by atoms with Crippen LogP contribution in [0.1, 0.15) is 5.56 Å². The molecular formula is C18H12N2O5S3. The zero-order chi connectivity index (χ0) is 20.1. The monoisotopic (exact) mass is 432 g/mol. The first-order valence-corrected chi connectivity index (χ1v) is 10.6. The van der Waals surface area contributed by atoms with Gasteiger partial charge in [-0.05, 0) is 30.3 Å². The number of methoxy groups -OCH3 is 1. The molecule has 0 atom stereocenters. The lowest BCUT2D eigenvalue weighted by Gasteiger charge is -2.17. The van der Waals surface area contributed by atoms with Gasteiger partial charge in [-0.15, -0.1) is 0 Å². The smallest absolute Gasteiger partial charge is 0.274 e. The largest absolute Gasteiger partial charge is 0.497 e. The van der Waals surface area contributed by atoms with E-state index >= 15 is 0 Å². The summed E-state index contributed by atoms with van der Waals surface area (Å²) in [5.74, 6) is -0.821. The minimum atomic E-state index is -4.20. The number of benzene rings is 2. The van der Waals surface area contributed by atoms with Gasteiger partial charge < -0.3 is 10.1 Å². The Kier molecular flexibility index (Phi) is 4.48. The molecule has 2 aliphatic heterocycles. The number of nitrogens with zero attached hydrogens (tertiary/aromatic N) is 1. The van der Waals surface area contributed by atoms with Gasteiger partial charge in [-0.3, -0.25) is 9.59 Å². The number of hydrogen-bond acceptors (Lipinski definition) is 7. The van der Waals surface area contributed by atoms with Gasteiger partial charge in [0.25, 0.3) is 21.8 Å². The van der Waals surface area contributed by atoms with Crippen molar-refractivity contribution in [2.24, 2.45) is 0 Å². The lowest BCUT2D eigenvalue weighted by atomic mass is 10.1. The van der Waals surface area contributed by atoms with Gasteiger partial charge in [0.1, 0.15) is 10.1 Å². The van der Waals surface area contributed by atoms with Crippen molar-refractivity contribution in [1.29, 1.82) is 0 Å². The van der Waals surface area contributed by atoms with Gasteiger partial charge in [-0.25, -0.2) is 8.42 Å². The summed E-state index contributed by atoms with van der Waals surface area (Å²) in [5.41, 5.74) is 0.582. The number of carbonyl (C=O) groups is 2. The highest BCUT2D eigenvalue weighted by Crippen LogP contribution is 2.44. The summed E-state index contributed by atoms with van der Waals surface area (Å²) in [7, 11) is -2.73. The molecule has 0 aromatic heterocycles. The molecule has 0 bridgehead atoms. The van der Waals surface area contributed by atoms with Crippen LogP contribution in [0.3, 0.4) is 0 Å². The summed E-state index contributed by atoms with van der Waals surface area (Å²) < 4.78 is 32.4. The maximum absolute atomic E-state index is 13.2. The van der Waals surface area contributed by atoms with Gasteiger partial charge in [0.05, 0.1) is 28.2 Å². The van der Waals surface area contributed by atoms with E-state index in [4.69, 9.17) is 17.0 Å². The molecule has 0 spiro atoms. The molecule has 0 saturated carbocycles. The zero-order valence-corrected chi connectivity index (χ0v) is 16.8. The van der Waals surface area contributed by atoms with Gasteiger partial charge in [0.2, 0.25) is 0 Å². The summed E-state index contributed by atoms with van der Waals surface area (Å²) >= 11 is 5.93. The number of ether oxygens (including phenoxy) is 1. The highest BCUT2D eigenvalue weighted by molar-refractivity contribution is 8.27. The molecule has 0 unspecified atom stereocenters. The standard InChI is InChI=1S/C18H12N2O5S3/c1-25-10-6-8-11(9-7-10)28(23,24)20-13-5-3-2-4-12(13)14(17(20)22)15-16(21)19-18(26)27-15/h2-9H,1H3,(H,19,21,26). The van der Waals surface area contributed by atoms with Crippen molar-refractivity contribution in [3.63, 3.8) is 0 Å². The maximum atomic E-state index is 13.2. The predicted molar refractivity (Wildman–Crippen MR) is 109 cm³/mol. The number of nitrogens with one attached hydrogen (secondary N) is 1. The molecule has 1 N–H and O–H groups in total. The van der Waals surface area contributed by atoms with Crippen LogP contribution >= 0.6 is 24.0 Å². The molecule has 0 aliphatic carbocycles. The maximum Gasteiger partial charge on any atom is 0.274 e. The van der Waals surface area contributed by atoms with Crippen molar-refractivity contribution in [3.05, 3.63) is 59.0 Å². The summed E-state index contributed by atoms with van der Waals surface area (Å²) in [6, 6.07) is 12.2. The average Bonchev–Trinajstić information content (AvgIpc) is 3.16. The molecular weight excluding hydrogens is 420 g/mol. The van der Waals surface area contributed by atoms with Gasteiger partial charge in [0, 0.05) is 5.56 Å². The first-order valence-electron chi connectivity index (χ1n) is 7.95. The number of fused-ring (bicyclic) bond motifs is 1. The average molecular weight is 433 g/mol. The van der Waals surface area contributed by atoms with Gasteiger partial charge in [-0.1, -0.05) is 42.2 Å². The van der Waals surface area contributed by atoms with E-state index in [1.165, 1.54) is 37.4 Å². The fourth-order valence-electron chi connectivity index (χ4n) is 2.98. The number of thiocarbonyl (C=S) groups is 1. The fourth-order valence-corrected chi connectivity index (χ4v) is 5.51. The molecule has 2 aromatic rings. The summed E-state index contributed by atoms with van der Waals surface area (Å²) in [6.45, 7) is 0. The molecule has 4 rings (SSSR count). The molecule has 1 saturated heterocycles. The fraction of sp³-hybridized carbons (Fsp3) is 0.0556. The quantitative estimate of drug-likeness (QED) is 0.588. The number of carbonyl (C=O) groups excluding carboxylic acids is 2. The predicted octanol–water partition coefficient (Wildman–Crippen LogP) is 2.29. The van der Waals surface area contributed by atoms with E-state index in [0.717, 1.165) is 16.1 Å². The highest BCUT2D eigenvalue weighted by atomic mass is 32.2. The SMILES string of the molecule is COc1ccc(S(=O)(=O)N2C(=O)C(=C3SC(=S)NC3=O)c3ccccc32)cc1. The van der Waals surface area contributed by atoms with E-state index in [0.29, 0.717) is 11.3 Å². The molecule has 10 heteroatoms. The number of thioether (sulfide) groups is 1. The highest BCUT2D eigenvalue weighted by Gasteiger charge is 2.44. The lowest BCUT2D eigenvalue weighted by Crippen LogP contribution is -2.34. The van der Waals surface area contributed by atoms with Crippen molar-refractivity contribution in [1.82, 2.24) is 5.32 Å². The van der Waals surface area contributed by atoms with Crippen LogP contribution in [0.4, 0.5) is 5.69 Å². The van der Waals surface area contributed by atoms with E-state index in [9.17, 15) is 18.0 Å². The van der Waals surface area contributed by atoms with Crippen molar-refractivity contribution >= 4 is 61.4 Å². The molecule has 2 aliphatic rings. The molecule has 2 aromatic carbocycles. The second-order valence-electron chi connectivity index (χ2n) is 5.82. The first-order chi connectivity index (χ1) is 13.3. The molecule has 2 heterocycles. The second kappa shape index (κ2) is 6.73. The minimum absolute atomic E-state index is 0.0232. The van der Waals surface area contributed by atoms with Crippen LogP contribution in [0, 0.1) is 0 Å². The Balaban J connectivity index is 1.89. The molecule has 28 heavy (non-hydrogen) atoms. The third-order valence-electron chi connectivity index (χ3n) is 4.23. The third-order valence-corrected chi connectivity index (χ3v) is 7.18. The van der Waals surface area contributed by atoms with Crippen LogP contribution in [0.25, 0.3) is 5.57 Å². The molecule has 2 amide bonds. The van der Waals surface area contributed by atoms with Crippen molar-refractivity contribution in [2.75, 3.05) is 11.4 Å². The topological polar surface area (TPSA) is 92.8 Å². The number of hydrogen-bond donors (Lipinski definition) is 1. The van der Waals surface area contributed by atoms with E-state index in [-0.39, 0.29) is 25.4 Å². The first kappa shape index (κ1) is 18.7. The summed E-state index contributed by atoms with van der Waals surface area (Å²) in [5, 5.41) is 2.46. The van der Waals surface area contributed by atoms with Gasteiger partial charge in [-0.2, -0.15) is 4.31 Å². The van der Waals surface area contributed by atoms with E-state index in [1.807, 2.05) is 0 Å². The van der Waals surface area contributed by atoms with E-state index in [1.54, 1.807) is 18.2 Å². The van der Waals surface area contributed by atoms with Crippen molar-refractivity contribution in [2.45, 2.75) is 4.90 Å². The number of sulfonamides is 1. The Morgan fingerprint density at radius 1 is 1.07 bits per heavy atom. The number of rotatable bonds is 3. The number of amides is 2. The van der Waals surface area contributed by atoms with Crippen LogP contribution in [0.2, 0.25) is 0 Å². The second-order valence-corrected chi connectivity index (χ2v) is 9.29. The number of anilines is 1. The zero-order valence-electron chi connectivity index (χ0n) is 14.3. The van der Waals surface area contributed by atoms with Crippen molar-refractivity contribution < 1.29 is 22.7 Å². The lowest BCUT2D eigenvalue weighted by molar-refractivity contribution is -0.116. The minimum Gasteiger partial charge on any atom is -0.497 e. The van der Waals surface area contributed by atoms with Gasteiger partial charge >= 0.3 is 0 Å². The van der Waals surface area contributed by atoms with Crippen LogP contribution in [0.15, 0.2) is 58.3 Å². The van der Waals surface area contributed by atoms with E-state index in [2.05, 4.69) is 5.32 Å². The van der Waals surface area contributed by atoms with Crippen LogP contribution in [0.5, 0.6) is 5.75 Å². The Hall–Kier alpha value is -2.69. The van der Waals surface area contributed by atoms with Crippen LogP contribution < -0.4 is 14.4 Å². The third kappa shape index (κ3) is 2.81. The summed E-state index contributed by atoms with van der Waals surface area (Å²) in [6.07, 6.45) is 0. The van der Waals surface area contributed by atoms with Crippen LogP contribution in [-0.4, -0.2) is 31.7 Å². The Labute approximate surface area is 170 Å². The Morgan fingerprint density at radius 3 is 2.36 bits per heavy atom.